The standard InChI is InChI=1S/C20H22ClNO2/c1-2-23-18-8-4-3-6-14(18)19-15-7-5-11-24-20(15)16-12-13(21)9-10-17(16)22-19/h3-4,6,8-10,12,15,19-20,22H,2,5,7,11H2,1H3/t15-,19+,20-/m0/s1. The van der Waals surface area contributed by atoms with E-state index in [0.717, 1.165) is 35.9 Å². The van der Waals surface area contributed by atoms with Crippen LogP contribution in [-0.4, -0.2) is 13.2 Å². The molecule has 1 saturated heterocycles. The SMILES string of the molecule is CCOc1ccccc1[C@H]1Nc2ccc(Cl)cc2[C@H]2OCCC[C@@H]12. The van der Waals surface area contributed by atoms with Gasteiger partial charge in [0.25, 0.3) is 0 Å². The molecule has 2 heterocycles. The maximum Gasteiger partial charge on any atom is 0.124 e. The van der Waals surface area contributed by atoms with Gasteiger partial charge in [0.2, 0.25) is 0 Å². The van der Waals surface area contributed by atoms with Crippen molar-refractivity contribution in [2.24, 2.45) is 5.92 Å². The van der Waals surface area contributed by atoms with Crippen LogP contribution in [0, 0.1) is 5.92 Å². The molecule has 0 radical (unpaired) electrons. The van der Waals surface area contributed by atoms with Crippen LogP contribution in [0.1, 0.15) is 43.0 Å². The molecule has 24 heavy (non-hydrogen) atoms. The van der Waals surface area contributed by atoms with Gasteiger partial charge in [0.1, 0.15) is 5.75 Å². The first kappa shape index (κ1) is 15.8. The number of hydrogen-bond donors (Lipinski definition) is 1. The lowest BCUT2D eigenvalue weighted by Crippen LogP contribution is -2.36. The van der Waals surface area contributed by atoms with E-state index in [2.05, 4.69) is 29.6 Å². The van der Waals surface area contributed by atoms with Gasteiger partial charge in [0.05, 0.1) is 18.8 Å². The predicted molar refractivity (Wildman–Crippen MR) is 96.8 cm³/mol. The third-order valence-electron chi connectivity index (χ3n) is 4.98. The van der Waals surface area contributed by atoms with E-state index in [4.69, 9.17) is 21.1 Å². The highest BCUT2D eigenvalue weighted by molar-refractivity contribution is 6.30. The van der Waals surface area contributed by atoms with Gasteiger partial charge in [-0.1, -0.05) is 29.8 Å². The molecule has 4 rings (SSSR count). The molecule has 0 unspecified atom stereocenters. The molecule has 126 valence electrons. The summed E-state index contributed by atoms with van der Waals surface area (Å²) < 4.78 is 12.1. The van der Waals surface area contributed by atoms with Crippen molar-refractivity contribution in [3.8, 4) is 5.75 Å². The third kappa shape index (κ3) is 2.76. The Morgan fingerprint density at radius 1 is 1.21 bits per heavy atom. The summed E-state index contributed by atoms with van der Waals surface area (Å²) in [6, 6.07) is 14.5. The molecule has 0 amide bonds. The van der Waals surface area contributed by atoms with E-state index in [0.29, 0.717) is 12.5 Å². The summed E-state index contributed by atoms with van der Waals surface area (Å²) >= 11 is 6.22. The lowest BCUT2D eigenvalue weighted by Gasteiger charge is -2.43. The van der Waals surface area contributed by atoms with E-state index in [1.807, 2.05) is 25.1 Å². The molecule has 2 aliphatic rings. The van der Waals surface area contributed by atoms with Crippen molar-refractivity contribution >= 4 is 17.3 Å². The summed E-state index contributed by atoms with van der Waals surface area (Å²) in [7, 11) is 0. The van der Waals surface area contributed by atoms with Crippen molar-refractivity contribution in [1.82, 2.24) is 0 Å². The van der Waals surface area contributed by atoms with Crippen molar-refractivity contribution in [2.45, 2.75) is 31.9 Å². The zero-order chi connectivity index (χ0) is 16.5. The summed E-state index contributed by atoms with van der Waals surface area (Å²) in [4.78, 5) is 0. The number of fused-ring (bicyclic) bond motifs is 3. The fraction of sp³-hybridized carbons (Fsp3) is 0.400. The van der Waals surface area contributed by atoms with E-state index in [1.54, 1.807) is 0 Å². The van der Waals surface area contributed by atoms with E-state index < -0.39 is 0 Å². The predicted octanol–water partition coefficient (Wildman–Crippen LogP) is 5.37. The van der Waals surface area contributed by atoms with Gasteiger partial charge in [-0.05, 0) is 44.0 Å². The molecule has 2 aromatic rings. The van der Waals surface area contributed by atoms with Crippen molar-refractivity contribution in [3.05, 3.63) is 58.6 Å². The van der Waals surface area contributed by atoms with Crippen LogP contribution in [0.5, 0.6) is 5.75 Å². The smallest absolute Gasteiger partial charge is 0.124 e. The second-order valence-electron chi connectivity index (χ2n) is 6.42. The Hall–Kier alpha value is -1.71. The Labute approximate surface area is 147 Å². The molecule has 3 nitrogen and oxygen atoms in total. The second kappa shape index (κ2) is 6.66. The molecule has 0 saturated carbocycles. The molecule has 0 bridgehead atoms. The highest BCUT2D eigenvalue weighted by Gasteiger charge is 2.40. The summed E-state index contributed by atoms with van der Waals surface area (Å²) in [5.41, 5.74) is 3.50. The largest absolute Gasteiger partial charge is 0.494 e. The number of rotatable bonds is 3. The van der Waals surface area contributed by atoms with Crippen molar-refractivity contribution in [3.63, 3.8) is 0 Å². The molecule has 2 aliphatic heterocycles. The Kier molecular flexibility index (Phi) is 4.38. The normalized spacial score (nSPS) is 25.3. The highest BCUT2D eigenvalue weighted by atomic mass is 35.5. The van der Waals surface area contributed by atoms with Crippen LogP contribution in [0.3, 0.4) is 0 Å². The van der Waals surface area contributed by atoms with E-state index in [1.165, 1.54) is 11.1 Å². The molecule has 4 heteroatoms. The fourth-order valence-electron chi connectivity index (χ4n) is 3.97. The summed E-state index contributed by atoms with van der Waals surface area (Å²) in [5.74, 6) is 1.34. The topological polar surface area (TPSA) is 30.5 Å². The van der Waals surface area contributed by atoms with Gasteiger partial charge in [-0.2, -0.15) is 0 Å². The first-order valence-corrected chi connectivity index (χ1v) is 9.05. The number of halogens is 1. The van der Waals surface area contributed by atoms with Crippen LogP contribution in [0.25, 0.3) is 0 Å². The van der Waals surface area contributed by atoms with Gasteiger partial charge in [-0.25, -0.2) is 0 Å². The van der Waals surface area contributed by atoms with Gasteiger partial charge >= 0.3 is 0 Å². The molecular formula is C20H22ClNO2. The monoisotopic (exact) mass is 343 g/mol. The van der Waals surface area contributed by atoms with Crippen LogP contribution in [-0.2, 0) is 4.74 Å². The zero-order valence-electron chi connectivity index (χ0n) is 13.8. The molecule has 1 N–H and O–H groups in total. The quantitative estimate of drug-likeness (QED) is 0.812. The molecule has 0 aliphatic carbocycles. The Morgan fingerprint density at radius 3 is 2.96 bits per heavy atom. The van der Waals surface area contributed by atoms with Gasteiger partial charge in [0, 0.05) is 34.4 Å². The maximum absolute atomic E-state index is 6.22. The van der Waals surface area contributed by atoms with Crippen LogP contribution < -0.4 is 10.1 Å². The number of anilines is 1. The Bertz CT molecular complexity index is 733. The lowest BCUT2D eigenvalue weighted by atomic mass is 9.77. The third-order valence-corrected chi connectivity index (χ3v) is 5.22. The summed E-state index contributed by atoms with van der Waals surface area (Å²) in [6.45, 7) is 3.50. The van der Waals surface area contributed by atoms with Crippen LogP contribution in [0.15, 0.2) is 42.5 Å². The molecule has 0 aromatic heterocycles. The maximum atomic E-state index is 6.22. The van der Waals surface area contributed by atoms with Gasteiger partial charge < -0.3 is 14.8 Å². The zero-order valence-corrected chi connectivity index (χ0v) is 14.6. The molecule has 1 fully saturated rings. The Balaban J connectivity index is 1.78. The Morgan fingerprint density at radius 2 is 2.08 bits per heavy atom. The molecule has 2 aromatic carbocycles. The molecule has 3 atom stereocenters. The van der Waals surface area contributed by atoms with Crippen molar-refractivity contribution in [1.29, 1.82) is 0 Å². The average Bonchev–Trinajstić information content (AvgIpc) is 2.62. The van der Waals surface area contributed by atoms with E-state index in [9.17, 15) is 0 Å². The summed E-state index contributed by atoms with van der Waals surface area (Å²) in [5, 5.41) is 4.48. The summed E-state index contributed by atoms with van der Waals surface area (Å²) in [6.07, 6.45) is 2.31. The fourth-order valence-corrected chi connectivity index (χ4v) is 4.15. The minimum Gasteiger partial charge on any atom is -0.494 e. The molecule has 0 spiro atoms. The van der Waals surface area contributed by atoms with Crippen molar-refractivity contribution in [2.75, 3.05) is 18.5 Å². The van der Waals surface area contributed by atoms with Gasteiger partial charge in [-0.3, -0.25) is 0 Å². The number of para-hydroxylation sites is 1. The van der Waals surface area contributed by atoms with Gasteiger partial charge in [-0.15, -0.1) is 0 Å². The van der Waals surface area contributed by atoms with Gasteiger partial charge in [0.15, 0.2) is 0 Å². The number of benzene rings is 2. The first-order chi connectivity index (χ1) is 11.8. The van der Waals surface area contributed by atoms with Crippen LogP contribution >= 0.6 is 11.6 Å². The highest BCUT2D eigenvalue weighted by Crippen LogP contribution is 2.50. The number of ether oxygens (including phenoxy) is 2. The van der Waals surface area contributed by atoms with E-state index >= 15 is 0 Å². The van der Waals surface area contributed by atoms with Crippen LogP contribution in [0.4, 0.5) is 5.69 Å². The second-order valence-corrected chi connectivity index (χ2v) is 6.86. The first-order valence-electron chi connectivity index (χ1n) is 8.67. The van der Waals surface area contributed by atoms with Crippen molar-refractivity contribution < 1.29 is 9.47 Å². The minimum atomic E-state index is 0.0911. The van der Waals surface area contributed by atoms with E-state index in [-0.39, 0.29) is 12.1 Å². The minimum absolute atomic E-state index is 0.0911. The average molecular weight is 344 g/mol. The van der Waals surface area contributed by atoms with Crippen LogP contribution in [0.2, 0.25) is 5.02 Å². The lowest BCUT2D eigenvalue weighted by molar-refractivity contribution is -0.0383. The number of hydrogen-bond acceptors (Lipinski definition) is 3. The molecular weight excluding hydrogens is 322 g/mol. The number of nitrogens with one attached hydrogen (secondary N) is 1.